The molecule has 0 bridgehead atoms. The van der Waals surface area contributed by atoms with Crippen molar-refractivity contribution in [2.24, 2.45) is 0 Å². The summed E-state index contributed by atoms with van der Waals surface area (Å²) in [5, 5.41) is 0. The van der Waals surface area contributed by atoms with Crippen molar-refractivity contribution in [1.29, 1.82) is 0 Å². The normalized spacial score (nSPS) is 16.7. The molecule has 1 atom stereocenters. The van der Waals surface area contributed by atoms with Gasteiger partial charge in [-0.05, 0) is 60.8 Å². The zero-order valence-electron chi connectivity index (χ0n) is 16.7. The van der Waals surface area contributed by atoms with Crippen LogP contribution in [0.2, 0.25) is 0 Å². The summed E-state index contributed by atoms with van der Waals surface area (Å²) in [4.78, 5) is 11.5. The van der Waals surface area contributed by atoms with Gasteiger partial charge in [-0.3, -0.25) is 4.79 Å². The maximum Gasteiger partial charge on any atom is 0.309 e. The molecular formula is C24H30O4. The van der Waals surface area contributed by atoms with Gasteiger partial charge in [0.25, 0.3) is 0 Å². The fourth-order valence-electron chi connectivity index (χ4n) is 3.55. The van der Waals surface area contributed by atoms with Crippen LogP contribution in [-0.2, 0) is 38.3 Å². The second-order valence-corrected chi connectivity index (χ2v) is 7.34. The standard InChI is InChI=1S/C24H30O4/c1-26-23(25)18-22-10-5-9-21(17-22)16-20-8-4-7-19(15-20)11-6-14-28-24-12-2-3-13-27-24/h4-5,7-10,15,17,24H,2-3,6,11-14,16,18H2,1H3. The van der Waals surface area contributed by atoms with E-state index in [-0.39, 0.29) is 12.3 Å². The van der Waals surface area contributed by atoms with Gasteiger partial charge in [-0.1, -0.05) is 48.5 Å². The fraction of sp³-hybridized carbons (Fsp3) is 0.458. The van der Waals surface area contributed by atoms with Gasteiger partial charge in [0.2, 0.25) is 0 Å². The topological polar surface area (TPSA) is 44.8 Å². The number of carbonyl (C=O) groups excluding carboxylic acids is 1. The van der Waals surface area contributed by atoms with Gasteiger partial charge in [0.1, 0.15) is 0 Å². The number of esters is 1. The van der Waals surface area contributed by atoms with Gasteiger partial charge < -0.3 is 14.2 Å². The van der Waals surface area contributed by atoms with Gasteiger partial charge >= 0.3 is 5.97 Å². The van der Waals surface area contributed by atoms with E-state index in [1.807, 2.05) is 12.1 Å². The van der Waals surface area contributed by atoms with E-state index in [4.69, 9.17) is 14.2 Å². The molecule has 0 saturated carbocycles. The summed E-state index contributed by atoms with van der Waals surface area (Å²) in [6.45, 7) is 1.57. The number of aryl methyl sites for hydroxylation is 1. The highest BCUT2D eigenvalue weighted by atomic mass is 16.7. The Labute approximate surface area is 167 Å². The Morgan fingerprint density at radius 1 is 1.04 bits per heavy atom. The Balaban J connectivity index is 1.49. The summed E-state index contributed by atoms with van der Waals surface area (Å²) >= 11 is 0. The highest BCUT2D eigenvalue weighted by Crippen LogP contribution is 2.16. The van der Waals surface area contributed by atoms with Crippen LogP contribution < -0.4 is 0 Å². The number of carbonyl (C=O) groups is 1. The van der Waals surface area contributed by atoms with Crippen LogP contribution in [0.3, 0.4) is 0 Å². The first-order chi connectivity index (χ1) is 13.7. The average Bonchev–Trinajstić information content (AvgIpc) is 2.72. The zero-order chi connectivity index (χ0) is 19.6. The minimum Gasteiger partial charge on any atom is -0.469 e. The van der Waals surface area contributed by atoms with Crippen molar-refractivity contribution < 1.29 is 19.0 Å². The van der Waals surface area contributed by atoms with Crippen molar-refractivity contribution >= 4 is 5.97 Å². The third kappa shape index (κ3) is 6.77. The lowest BCUT2D eigenvalue weighted by Gasteiger charge is -2.22. The molecule has 2 aromatic carbocycles. The van der Waals surface area contributed by atoms with E-state index in [1.165, 1.54) is 30.2 Å². The minimum atomic E-state index is -0.208. The predicted octanol–water partition coefficient (Wildman–Crippen LogP) is 4.47. The van der Waals surface area contributed by atoms with Gasteiger partial charge in [0, 0.05) is 6.61 Å². The lowest BCUT2D eigenvalue weighted by Crippen LogP contribution is -2.22. The van der Waals surface area contributed by atoms with E-state index in [2.05, 4.69) is 36.4 Å². The highest BCUT2D eigenvalue weighted by Gasteiger charge is 2.13. The van der Waals surface area contributed by atoms with Crippen molar-refractivity contribution in [3.8, 4) is 0 Å². The smallest absolute Gasteiger partial charge is 0.309 e. The molecule has 1 unspecified atom stereocenters. The first-order valence-corrected chi connectivity index (χ1v) is 10.2. The average molecular weight is 383 g/mol. The molecule has 28 heavy (non-hydrogen) atoms. The summed E-state index contributed by atoms with van der Waals surface area (Å²) < 4.78 is 16.2. The lowest BCUT2D eigenvalue weighted by molar-refractivity contribution is -0.162. The Kier molecular flexibility index (Phi) is 8.07. The largest absolute Gasteiger partial charge is 0.469 e. The van der Waals surface area contributed by atoms with Gasteiger partial charge in [0.15, 0.2) is 6.29 Å². The Bertz CT molecular complexity index is 750. The maximum atomic E-state index is 11.5. The van der Waals surface area contributed by atoms with Crippen LogP contribution in [0.15, 0.2) is 48.5 Å². The van der Waals surface area contributed by atoms with E-state index >= 15 is 0 Å². The van der Waals surface area contributed by atoms with Crippen LogP contribution in [0.4, 0.5) is 0 Å². The summed E-state index contributed by atoms with van der Waals surface area (Å²) in [5.74, 6) is -0.208. The molecule has 0 aliphatic carbocycles. The number of methoxy groups -OCH3 is 1. The molecule has 0 spiro atoms. The van der Waals surface area contributed by atoms with Gasteiger partial charge in [0.05, 0.1) is 20.1 Å². The molecule has 1 aliphatic heterocycles. The van der Waals surface area contributed by atoms with E-state index in [0.29, 0.717) is 6.42 Å². The molecule has 0 amide bonds. The number of hydrogen-bond acceptors (Lipinski definition) is 4. The lowest BCUT2D eigenvalue weighted by atomic mass is 9.99. The van der Waals surface area contributed by atoms with E-state index in [9.17, 15) is 4.79 Å². The molecule has 1 fully saturated rings. The molecule has 1 heterocycles. The second-order valence-electron chi connectivity index (χ2n) is 7.34. The molecule has 2 aromatic rings. The first-order valence-electron chi connectivity index (χ1n) is 10.2. The van der Waals surface area contributed by atoms with E-state index in [0.717, 1.165) is 50.9 Å². The van der Waals surface area contributed by atoms with Crippen molar-refractivity contribution in [1.82, 2.24) is 0 Å². The number of ether oxygens (including phenoxy) is 3. The summed E-state index contributed by atoms with van der Waals surface area (Å²) in [5.41, 5.74) is 4.81. The Morgan fingerprint density at radius 2 is 1.75 bits per heavy atom. The van der Waals surface area contributed by atoms with Crippen LogP contribution in [0.1, 0.15) is 47.9 Å². The van der Waals surface area contributed by atoms with Gasteiger partial charge in [-0.2, -0.15) is 0 Å². The SMILES string of the molecule is COC(=O)Cc1cccc(Cc2cccc(CCCOC3CCCCO3)c2)c1. The van der Waals surface area contributed by atoms with Crippen molar-refractivity contribution in [2.75, 3.05) is 20.3 Å². The third-order valence-electron chi connectivity index (χ3n) is 5.02. The molecule has 150 valence electrons. The van der Waals surface area contributed by atoms with E-state index in [1.54, 1.807) is 0 Å². The number of benzene rings is 2. The summed E-state index contributed by atoms with van der Waals surface area (Å²) in [7, 11) is 1.42. The molecule has 1 aliphatic rings. The highest BCUT2D eigenvalue weighted by molar-refractivity contribution is 5.72. The van der Waals surface area contributed by atoms with E-state index < -0.39 is 0 Å². The molecule has 3 rings (SSSR count). The third-order valence-corrected chi connectivity index (χ3v) is 5.02. The molecule has 0 N–H and O–H groups in total. The predicted molar refractivity (Wildman–Crippen MR) is 109 cm³/mol. The van der Waals surface area contributed by atoms with Crippen LogP contribution in [0, 0.1) is 0 Å². The summed E-state index contributed by atoms with van der Waals surface area (Å²) in [6.07, 6.45) is 6.54. The van der Waals surface area contributed by atoms with Crippen LogP contribution in [-0.4, -0.2) is 32.6 Å². The summed E-state index contributed by atoms with van der Waals surface area (Å²) in [6, 6.07) is 16.9. The number of rotatable bonds is 9. The first kappa shape index (κ1) is 20.6. The van der Waals surface area contributed by atoms with Crippen LogP contribution >= 0.6 is 0 Å². The Morgan fingerprint density at radius 3 is 2.46 bits per heavy atom. The molecule has 4 heteroatoms. The number of hydrogen-bond donors (Lipinski definition) is 0. The molecule has 1 saturated heterocycles. The van der Waals surface area contributed by atoms with Crippen molar-refractivity contribution in [3.63, 3.8) is 0 Å². The zero-order valence-corrected chi connectivity index (χ0v) is 16.7. The minimum absolute atomic E-state index is 0.00245. The van der Waals surface area contributed by atoms with Gasteiger partial charge in [-0.25, -0.2) is 0 Å². The monoisotopic (exact) mass is 382 g/mol. The maximum absolute atomic E-state index is 11.5. The molecule has 4 nitrogen and oxygen atoms in total. The Hall–Kier alpha value is -2.17. The van der Waals surface area contributed by atoms with Crippen LogP contribution in [0.5, 0.6) is 0 Å². The van der Waals surface area contributed by atoms with Crippen LogP contribution in [0.25, 0.3) is 0 Å². The molecule has 0 aromatic heterocycles. The fourth-order valence-corrected chi connectivity index (χ4v) is 3.55. The van der Waals surface area contributed by atoms with Crippen molar-refractivity contribution in [3.05, 3.63) is 70.8 Å². The van der Waals surface area contributed by atoms with Crippen molar-refractivity contribution in [2.45, 2.75) is 51.2 Å². The van der Waals surface area contributed by atoms with Gasteiger partial charge in [-0.15, -0.1) is 0 Å². The molecular weight excluding hydrogens is 352 g/mol. The molecule has 0 radical (unpaired) electrons. The second kappa shape index (κ2) is 11.0. The quantitative estimate of drug-likeness (QED) is 0.474.